The first-order valence-corrected chi connectivity index (χ1v) is 16.5. The third-order valence-corrected chi connectivity index (χ3v) is 7.08. The molecule has 1 heterocycles. The molecule has 248 valence electrons. The molecule has 1 aliphatic heterocycles. The third-order valence-electron chi connectivity index (χ3n) is 5.99. The van der Waals surface area contributed by atoms with Crippen LogP contribution >= 0.6 is 11.9 Å². The van der Waals surface area contributed by atoms with Crippen molar-refractivity contribution in [1.29, 1.82) is 0 Å². The fourth-order valence-electron chi connectivity index (χ4n) is 3.69. The predicted molar refractivity (Wildman–Crippen MR) is 186 cm³/mol. The van der Waals surface area contributed by atoms with Crippen molar-refractivity contribution in [2.45, 2.75) is 70.1 Å². The van der Waals surface area contributed by atoms with Crippen LogP contribution < -0.4 is 15.8 Å². The van der Waals surface area contributed by atoms with Gasteiger partial charge in [0.1, 0.15) is 5.75 Å². The van der Waals surface area contributed by atoms with Crippen LogP contribution in [0.2, 0.25) is 0 Å². The van der Waals surface area contributed by atoms with E-state index < -0.39 is 6.09 Å². The quantitative estimate of drug-likeness (QED) is 0.0600. The number of para-hydroxylation sites is 1. The molecule has 5 N–H and O–H groups in total. The van der Waals surface area contributed by atoms with Crippen LogP contribution in [0.3, 0.4) is 0 Å². The molecule has 44 heavy (non-hydrogen) atoms. The molecule has 1 amide bonds. The van der Waals surface area contributed by atoms with E-state index in [1.54, 1.807) is 18.9 Å². The molecule has 0 bridgehead atoms. The Labute approximate surface area is 270 Å². The number of aliphatic hydroxyl groups excluding tert-OH is 1. The van der Waals surface area contributed by atoms with E-state index in [0.717, 1.165) is 93.5 Å². The van der Waals surface area contributed by atoms with Crippen molar-refractivity contribution in [3.63, 3.8) is 0 Å². The summed E-state index contributed by atoms with van der Waals surface area (Å²) >= 11 is 1.71. The van der Waals surface area contributed by atoms with Crippen LogP contribution in [0.25, 0.3) is 0 Å². The molecule has 1 atom stereocenters. The Balaban J connectivity index is 0.000000923. The number of carbonyl (C=O) groups is 1. The van der Waals surface area contributed by atoms with E-state index in [0.29, 0.717) is 13.2 Å². The molecule has 3 rings (SSSR count). The number of carboxylic acid groups (broad SMARTS) is 1. The van der Waals surface area contributed by atoms with Gasteiger partial charge >= 0.3 is 6.09 Å². The van der Waals surface area contributed by atoms with E-state index in [4.69, 9.17) is 25.4 Å². The summed E-state index contributed by atoms with van der Waals surface area (Å²) in [6.07, 6.45) is 11.3. The highest BCUT2D eigenvalue weighted by atomic mass is 32.2. The van der Waals surface area contributed by atoms with Gasteiger partial charge in [0.2, 0.25) is 0 Å². The van der Waals surface area contributed by atoms with Gasteiger partial charge in [0.25, 0.3) is 0 Å². The van der Waals surface area contributed by atoms with E-state index in [9.17, 15) is 4.79 Å². The van der Waals surface area contributed by atoms with Crippen molar-refractivity contribution in [3.8, 4) is 5.75 Å². The van der Waals surface area contributed by atoms with E-state index in [-0.39, 0.29) is 6.61 Å². The highest BCUT2D eigenvalue weighted by molar-refractivity contribution is 7.97. The molecule has 0 aromatic heterocycles. The largest absolute Gasteiger partial charge is 0.494 e. The Morgan fingerprint density at radius 1 is 1.07 bits per heavy atom. The standard InChI is InChI=1S/C22H34N2O3S.C6H7N.C5H10O.C2H6O/c1-3-5-7-9-16-24(17-12-15-23-22(25)26)28-21-14-11-13-20(19-21)27-18-10-8-6-4-2;7-6-4-2-1-3-5-6;1-5-2-3-6-4-5;1-2-3/h3-4,11,13-14,19,23H,1-2,5-10,12,15-18H2,(H,25,26);1-5H,7H2;5H,2-4H2,1H3;3H,2H2,1H3. The number of aliphatic hydroxyl groups is 1. The van der Waals surface area contributed by atoms with E-state index >= 15 is 0 Å². The van der Waals surface area contributed by atoms with E-state index in [2.05, 4.69) is 41.8 Å². The number of nitrogen functional groups attached to an aromatic ring is 1. The lowest BCUT2D eigenvalue weighted by molar-refractivity contribution is 0.188. The average molecular weight is 632 g/mol. The van der Waals surface area contributed by atoms with Crippen LogP contribution in [0.4, 0.5) is 10.5 Å². The molecule has 8 nitrogen and oxygen atoms in total. The van der Waals surface area contributed by atoms with Gasteiger partial charge in [-0.25, -0.2) is 9.10 Å². The summed E-state index contributed by atoms with van der Waals surface area (Å²) in [6.45, 7) is 16.6. The molecular weight excluding hydrogens is 574 g/mol. The van der Waals surface area contributed by atoms with Gasteiger partial charge in [-0.1, -0.05) is 43.3 Å². The zero-order valence-electron chi connectivity index (χ0n) is 27.0. The maximum atomic E-state index is 10.6. The topological polar surface area (TPSA) is 117 Å². The first-order chi connectivity index (χ1) is 21.4. The van der Waals surface area contributed by atoms with Crippen LogP contribution in [-0.4, -0.2) is 66.7 Å². The number of hydrogen-bond acceptors (Lipinski definition) is 7. The number of nitrogens with one attached hydrogen (secondary N) is 1. The van der Waals surface area contributed by atoms with Crippen molar-refractivity contribution in [2.75, 3.05) is 51.8 Å². The summed E-state index contributed by atoms with van der Waals surface area (Å²) in [6, 6.07) is 17.7. The summed E-state index contributed by atoms with van der Waals surface area (Å²) in [5.41, 5.74) is 6.18. The number of unbranched alkanes of at least 4 members (excludes halogenated alkanes) is 4. The van der Waals surface area contributed by atoms with E-state index in [1.807, 2.05) is 54.6 Å². The first-order valence-electron chi connectivity index (χ1n) is 15.7. The lowest BCUT2D eigenvalue weighted by atomic mass is 10.2. The Hall–Kier alpha value is -2.98. The van der Waals surface area contributed by atoms with Crippen molar-refractivity contribution >= 4 is 23.7 Å². The third kappa shape index (κ3) is 26.6. The minimum atomic E-state index is -0.969. The maximum absolute atomic E-state index is 10.6. The fourth-order valence-corrected chi connectivity index (χ4v) is 4.73. The minimum Gasteiger partial charge on any atom is -0.494 e. The smallest absolute Gasteiger partial charge is 0.404 e. The summed E-state index contributed by atoms with van der Waals surface area (Å²) in [5, 5.41) is 18.7. The zero-order chi connectivity index (χ0) is 32.7. The van der Waals surface area contributed by atoms with Crippen molar-refractivity contribution in [2.24, 2.45) is 5.92 Å². The SMILES string of the molecule is C=CCCCCOc1cccc(SN(CCCCC=C)CCCNC(=O)O)c1.CC1CCOC1.CCO.Nc1ccccc1. The molecule has 9 heteroatoms. The number of nitrogens with two attached hydrogens (primary N) is 1. The second-order valence-corrected chi connectivity index (χ2v) is 11.4. The van der Waals surface area contributed by atoms with Crippen LogP contribution in [0.1, 0.15) is 65.2 Å². The number of ether oxygens (including phenoxy) is 2. The molecule has 1 unspecified atom stereocenters. The van der Waals surface area contributed by atoms with Gasteiger partial charge in [-0.15, -0.1) is 13.2 Å². The molecule has 0 aliphatic carbocycles. The number of allylic oxidation sites excluding steroid dienone is 2. The Morgan fingerprint density at radius 3 is 2.25 bits per heavy atom. The molecular formula is C35H57N3O5S. The molecule has 1 saturated heterocycles. The second-order valence-electron chi connectivity index (χ2n) is 10.2. The Morgan fingerprint density at radius 2 is 1.73 bits per heavy atom. The Kier molecular flexibility index (Phi) is 28.0. The highest BCUT2D eigenvalue weighted by Gasteiger charge is 2.09. The first kappa shape index (κ1) is 41.0. The summed E-state index contributed by atoms with van der Waals surface area (Å²) in [7, 11) is 0. The number of anilines is 1. The van der Waals surface area contributed by atoms with Crippen LogP contribution in [-0.2, 0) is 4.74 Å². The van der Waals surface area contributed by atoms with Crippen molar-refractivity contribution in [1.82, 2.24) is 9.62 Å². The number of amides is 1. The fraction of sp³-hybridized carbons (Fsp3) is 0.514. The number of rotatable bonds is 17. The summed E-state index contributed by atoms with van der Waals surface area (Å²) < 4.78 is 13.2. The van der Waals surface area contributed by atoms with Gasteiger partial charge in [0.15, 0.2) is 0 Å². The Bertz CT molecular complexity index is 958. The molecule has 0 spiro atoms. The molecule has 0 radical (unpaired) electrons. The van der Waals surface area contributed by atoms with Crippen molar-refractivity contribution < 1.29 is 24.5 Å². The normalized spacial score (nSPS) is 13.2. The highest BCUT2D eigenvalue weighted by Crippen LogP contribution is 2.27. The lowest BCUT2D eigenvalue weighted by Gasteiger charge is -2.21. The zero-order valence-corrected chi connectivity index (χ0v) is 27.8. The minimum absolute atomic E-state index is 0.250. The molecule has 1 fully saturated rings. The van der Waals surface area contributed by atoms with Crippen LogP contribution in [0.15, 0.2) is 84.8 Å². The number of hydrogen-bond donors (Lipinski definition) is 4. The van der Waals surface area contributed by atoms with Crippen molar-refractivity contribution in [3.05, 3.63) is 79.9 Å². The van der Waals surface area contributed by atoms with Gasteiger partial charge in [0.05, 0.1) is 6.61 Å². The van der Waals surface area contributed by atoms with Gasteiger partial charge in [-0.2, -0.15) is 0 Å². The van der Waals surface area contributed by atoms with Gasteiger partial charge in [0, 0.05) is 50.0 Å². The number of nitrogens with zero attached hydrogens (tertiary/aromatic N) is 1. The summed E-state index contributed by atoms with van der Waals surface area (Å²) in [5.74, 6) is 1.72. The van der Waals surface area contributed by atoms with Crippen LogP contribution in [0.5, 0.6) is 5.75 Å². The molecule has 2 aromatic carbocycles. The second kappa shape index (κ2) is 30.1. The van der Waals surface area contributed by atoms with Crippen LogP contribution in [0, 0.1) is 5.92 Å². The summed E-state index contributed by atoms with van der Waals surface area (Å²) in [4.78, 5) is 11.7. The maximum Gasteiger partial charge on any atom is 0.404 e. The molecule has 0 saturated carbocycles. The van der Waals surface area contributed by atoms with Gasteiger partial charge in [-0.3, -0.25) is 0 Å². The predicted octanol–water partition coefficient (Wildman–Crippen LogP) is 8.06. The monoisotopic (exact) mass is 631 g/mol. The van der Waals surface area contributed by atoms with E-state index in [1.165, 1.54) is 6.42 Å². The lowest BCUT2D eigenvalue weighted by Crippen LogP contribution is -2.26. The van der Waals surface area contributed by atoms with Gasteiger partial charge < -0.3 is 30.7 Å². The van der Waals surface area contributed by atoms with Gasteiger partial charge in [-0.05, 0) is 106 Å². The number of benzene rings is 2. The molecule has 1 aliphatic rings. The average Bonchev–Trinajstić information content (AvgIpc) is 3.49. The molecule has 2 aromatic rings.